The number of aromatic nitrogens is 1. The smallest absolute Gasteiger partial charge is 0.219 e. The topological polar surface area (TPSA) is 52.8 Å². The molecule has 22 heavy (non-hydrogen) atoms. The van der Waals surface area contributed by atoms with Crippen LogP contribution in [0.25, 0.3) is 0 Å². The van der Waals surface area contributed by atoms with Crippen LogP contribution >= 0.6 is 0 Å². The number of hydrogen-bond acceptors (Lipinski definition) is 3. The van der Waals surface area contributed by atoms with Crippen molar-refractivity contribution < 1.29 is 19.6 Å². The van der Waals surface area contributed by atoms with Gasteiger partial charge in [0.2, 0.25) is 5.69 Å². The van der Waals surface area contributed by atoms with Crippen LogP contribution in [0.1, 0.15) is 56.7 Å². The molecule has 120 valence electrons. The third-order valence-electron chi connectivity index (χ3n) is 3.82. The van der Waals surface area contributed by atoms with E-state index in [9.17, 15) is 5.11 Å². The number of allylic oxidation sites excluding steroid dienone is 3. The molecule has 1 atom stereocenters. The number of ether oxygens (including phenoxy) is 2. The quantitative estimate of drug-likeness (QED) is 0.814. The molecule has 1 aliphatic heterocycles. The van der Waals surface area contributed by atoms with Gasteiger partial charge in [0.25, 0.3) is 0 Å². The summed E-state index contributed by atoms with van der Waals surface area (Å²) >= 11 is 0. The van der Waals surface area contributed by atoms with Crippen molar-refractivity contribution in [2.45, 2.75) is 53.4 Å². The minimum atomic E-state index is -0.481. The number of aromatic amines is 1. The predicted molar refractivity (Wildman–Crippen MR) is 85.3 cm³/mol. The van der Waals surface area contributed by atoms with Crippen LogP contribution in [0.5, 0.6) is 5.75 Å². The van der Waals surface area contributed by atoms with Gasteiger partial charge in [-0.05, 0) is 33.6 Å². The first-order valence-corrected chi connectivity index (χ1v) is 7.74. The van der Waals surface area contributed by atoms with Gasteiger partial charge in [0.1, 0.15) is 0 Å². The summed E-state index contributed by atoms with van der Waals surface area (Å²) in [4.78, 5) is 3.02. The highest BCUT2D eigenvalue weighted by molar-refractivity contribution is 5.40. The summed E-state index contributed by atoms with van der Waals surface area (Å²) in [7, 11) is 0. The maximum Gasteiger partial charge on any atom is 0.219 e. The average Bonchev–Trinajstić information content (AvgIpc) is 2.86. The Bertz CT molecular complexity index is 586. The molecule has 1 aromatic heterocycles. The van der Waals surface area contributed by atoms with Gasteiger partial charge in [0, 0.05) is 6.92 Å². The fourth-order valence-corrected chi connectivity index (χ4v) is 2.43. The fourth-order valence-electron chi connectivity index (χ4n) is 2.43. The summed E-state index contributed by atoms with van der Waals surface area (Å²) < 4.78 is 11.4. The average molecular weight is 304 g/mol. The Morgan fingerprint density at radius 2 is 2.18 bits per heavy atom. The molecule has 0 saturated heterocycles. The van der Waals surface area contributed by atoms with Crippen LogP contribution in [0.3, 0.4) is 0 Å². The molecule has 2 N–H and O–H groups in total. The normalized spacial score (nSPS) is 17.5. The van der Waals surface area contributed by atoms with Crippen molar-refractivity contribution in [3.8, 4) is 5.75 Å². The van der Waals surface area contributed by atoms with Gasteiger partial charge >= 0.3 is 0 Å². The predicted octanol–water partition coefficient (Wildman–Crippen LogP) is 3.75. The van der Waals surface area contributed by atoms with Crippen LogP contribution in [0.15, 0.2) is 29.5 Å². The molecule has 4 heteroatoms. The number of fused-ring (bicyclic) bond motifs is 1. The van der Waals surface area contributed by atoms with E-state index in [0.29, 0.717) is 13.2 Å². The summed E-state index contributed by atoms with van der Waals surface area (Å²) in [5, 5.41) is 10.2. The van der Waals surface area contributed by atoms with E-state index in [-0.39, 0.29) is 5.75 Å². The zero-order valence-electron chi connectivity index (χ0n) is 13.9. The Labute approximate surface area is 132 Å². The second kappa shape index (κ2) is 7.56. The van der Waals surface area contributed by atoms with Gasteiger partial charge in [-0.2, -0.15) is 0 Å². The largest absolute Gasteiger partial charge is 0.502 e. The fraction of sp³-hybridized carbons (Fsp3) is 0.500. The molecule has 0 fully saturated rings. The molecule has 1 aliphatic rings. The second-order valence-corrected chi connectivity index (χ2v) is 6.05. The lowest BCUT2D eigenvalue weighted by atomic mass is 10.1. The first kappa shape index (κ1) is 16.7. The second-order valence-electron chi connectivity index (χ2n) is 6.05. The van der Waals surface area contributed by atoms with Crippen molar-refractivity contribution in [3.05, 3.63) is 46.3 Å². The molecule has 0 spiro atoms. The first-order valence-electron chi connectivity index (χ1n) is 7.74. The van der Waals surface area contributed by atoms with Gasteiger partial charge in [-0.3, -0.25) is 0 Å². The zero-order valence-corrected chi connectivity index (χ0v) is 13.9. The van der Waals surface area contributed by atoms with Crippen molar-refractivity contribution in [2.75, 3.05) is 6.61 Å². The summed E-state index contributed by atoms with van der Waals surface area (Å²) in [5.74, 6) is 0.240. The number of H-pyrrole nitrogens is 1. The molecule has 0 amide bonds. The van der Waals surface area contributed by atoms with Gasteiger partial charge in [-0.1, -0.05) is 23.3 Å². The number of aromatic hydroxyl groups is 1. The maximum atomic E-state index is 10.2. The summed E-state index contributed by atoms with van der Waals surface area (Å²) in [6.07, 6.45) is 7.81. The molecule has 0 bridgehead atoms. The van der Waals surface area contributed by atoms with Gasteiger partial charge in [0.05, 0.1) is 24.3 Å². The van der Waals surface area contributed by atoms with E-state index < -0.39 is 6.29 Å². The van der Waals surface area contributed by atoms with Gasteiger partial charge < -0.3 is 14.6 Å². The molecule has 0 aromatic carbocycles. The van der Waals surface area contributed by atoms with Crippen molar-refractivity contribution in [1.82, 2.24) is 0 Å². The van der Waals surface area contributed by atoms with Gasteiger partial charge in [-0.15, -0.1) is 0 Å². The Morgan fingerprint density at radius 3 is 2.91 bits per heavy atom. The maximum absolute atomic E-state index is 10.2. The van der Waals surface area contributed by atoms with E-state index in [4.69, 9.17) is 9.47 Å². The van der Waals surface area contributed by atoms with Crippen molar-refractivity contribution >= 4 is 0 Å². The highest BCUT2D eigenvalue weighted by Gasteiger charge is 2.31. The van der Waals surface area contributed by atoms with E-state index in [2.05, 4.69) is 37.9 Å². The summed E-state index contributed by atoms with van der Waals surface area (Å²) in [6.45, 7) is 9.13. The van der Waals surface area contributed by atoms with Crippen LogP contribution in [0.2, 0.25) is 0 Å². The monoisotopic (exact) mass is 304 g/mol. The number of aryl methyl sites for hydroxylation is 1. The van der Waals surface area contributed by atoms with Crippen molar-refractivity contribution in [2.24, 2.45) is 0 Å². The van der Waals surface area contributed by atoms with Crippen LogP contribution in [0, 0.1) is 6.92 Å². The minimum Gasteiger partial charge on any atom is -0.502 e. The van der Waals surface area contributed by atoms with Gasteiger partial charge in [-0.25, -0.2) is 4.98 Å². The van der Waals surface area contributed by atoms with E-state index in [0.717, 1.165) is 29.7 Å². The molecule has 0 saturated carbocycles. The van der Waals surface area contributed by atoms with Crippen LogP contribution in [0.4, 0.5) is 0 Å². The van der Waals surface area contributed by atoms with Crippen LogP contribution in [-0.2, 0) is 16.1 Å². The Hall–Kier alpha value is -1.65. The molecule has 2 heterocycles. The summed E-state index contributed by atoms with van der Waals surface area (Å²) in [6, 6.07) is 0. The molecule has 2 rings (SSSR count). The van der Waals surface area contributed by atoms with E-state index in [1.54, 1.807) is 0 Å². The highest BCUT2D eigenvalue weighted by Crippen LogP contribution is 2.37. The third kappa shape index (κ3) is 4.18. The summed E-state index contributed by atoms with van der Waals surface area (Å²) in [5.41, 5.74) is 5.09. The van der Waals surface area contributed by atoms with E-state index in [1.165, 1.54) is 11.1 Å². The molecular formula is C18H26NO3+. The lowest BCUT2D eigenvalue weighted by molar-refractivity contribution is -0.389. The molecule has 4 nitrogen and oxygen atoms in total. The Balaban J connectivity index is 1.90. The van der Waals surface area contributed by atoms with E-state index in [1.807, 2.05) is 13.1 Å². The SMILES string of the molecule is CC(C)=CCC/C(C)=C/COC1OCc2c[nH+]c(C)c(O)c21. The number of nitrogens with one attached hydrogen (secondary N) is 1. The third-order valence-corrected chi connectivity index (χ3v) is 3.82. The van der Waals surface area contributed by atoms with Crippen LogP contribution in [-0.4, -0.2) is 11.7 Å². The Morgan fingerprint density at radius 1 is 1.41 bits per heavy atom. The van der Waals surface area contributed by atoms with Gasteiger partial charge in [0.15, 0.2) is 18.2 Å². The standard InChI is InChI=1S/C18H25NO3/c1-12(2)6-5-7-13(3)8-9-21-18-16-15(11-22-18)10-19-14(4)17(16)20/h6,8,10,18,20H,5,7,9,11H2,1-4H3/p+1/b13-8+. The first-order chi connectivity index (χ1) is 10.5. The molecule has 1 aromatic rings. The van der Waals surface area contributed by atoms with Crippen molar-refractivity contribution in [1.29, 1.82) is 0 Å². The molecule has 0 aliphatic carbocycles. The number of pyridine rings is 1. The molecular weight excluding hydrogens is 278 g/mol. The number of rotatable bonds is 6. The van der Waals surface area contributed by atoms with E-state index >= 15 is 0 Å². The van der Waals surface area contributed by atoms with Crippen LogP contribution < -0.4 is 4.98 Å². The lowest BCUT2D eigenvalue weighted by Gasteiger charge is -2.12. The number of hydrogen-bond donors (Lipinski definition) is 1. The van der Waals surface area contributed by atoms with Crippen molar-refractivity contribution in [3.63, 3.8) is 0 Å². The molecule has 0 radical (unpaired) electrons. The molecule has 1 unspecified atom stereocenters. The minimum absolute atomic E-state index is 0.240. The zero-order chi connectivity index (χ0) is 16.1. The lowest BCUT2D eigenvalue weighted by Crippen LogP contribution is -2.11. The Kier molecular flexibility index (Phi) is 5.75. The highest BCUT2D eigenvalue weighted by atomic mass is 16.7.